The van der Waals surface area contributed by atoms with Gasteiger partial charge in [0.1, 0.15) is 17.7 Å². The van der Waals surface area contributed by atoms with Gasteiger partial charge in [0.15, 0.2) is 17.3 Å². The number of nitrogens with one attached hydrogen (secondary N) is 2. The lowest BCUT2D eigenvalue weighted by atomic mass is 10.1. The Morgan fingerprint density at radius 1 is 1.21 bits per heavy atom. The molecule has 1 atom stereocenters. The molecule has 1 heterocycles. The minimum absolute atomic E-state index is 0.0203. The van der Waals surface area contributed by atoms with Crippen molar-refractivity contribution in [2.45, 2.75) is 26.3 Å². The molecule has 3 rings (SSSR count). The molecule has 0 aliphatic rings. The Kier molecular flexibility index (Phi) is 7.32. The van der Waals surface area contributed by atoms with Crippen molar-refractivity contribution in [2.75, 3.05) is 17.6 Å². The van der Waals surface area contributed by atoms with E-state index in [0.29, 0.717) is 17.9 Å². The molecule has 3 aromatic rings. The number of aromatic nitrogens is 1. The average molecular weight is 480 g/mol. The van der Waals surface area contributed by atoms with Crippen LogP contribution in [-0.4, -0.2) is 32.2 Å². The van der Waals surface area contributed by atoms with Gasteiger partial charge in [0.2, 0.25) is 15.9 Å². The highest BCUT2D eigenvalue weighted by molar-refractivity contribution is 7.92. The van der Waals surface area contributed by atoms with E-state index in [1.54, 1.807) is 29.0 Å². The first kappa shape index (κ1) is 24.2. The smallest absolute Gasteiger partial charge is 0.273 e. The summed E-state index contributed by atoms with van der Waals surface area (Å²) < 4.78 is 63.8. The van der Waals surface area contributed by atoms with Crippen LogP contribution >= 0.6 is 0 Å². The monoisotopic (exact) mass is 479 g/mol. The van der Waals surface area contributed by atoms with Crippen LogP contribution in [0.15, 0.2) is 47.1 Å². The van der Waals surface area contributed by atoms with E-state index in [1.807, 2.05) is 6.92 Å². The van der Waals surface area contributed by atoms with Crippen LogP contribution in [0.4, 0.5) is 14.5 Å². The first-order chi connectivity index (χ1) is 15.6. The van der Waals surface area contributed by atoms with Crippen LogP contribution in [0, 0.1) is 11.6 Å². The summed E-state index contributed by atoms with van der Waals surface area (Å²) in [6, 6.07) is 8.15. The molecule has 0 saturated heterocycles. The molecule has 176 valence electrons. The third-order valence-electron chi connectivity index (χ3n) is 4.49. The normalized spacial score (nSPS) is 12.3. The molecule has 2 aromatic carbocycles. The molecule has 2 N–H and O–H groups in total. The fraction of sp³-hybridized carbons (Fsp3) is 0.273. The number of hydrogen-bond donors (Lipinski definition) is 2. The maximum atomic E-state index is 14.2. The highest BCUT2D eigenvalue weighted by Crippen LogP contribution is 2.26. The van der Waals surface area contributed by atoms with Gasteiger partial charge in [-0.2, -0.15) is 0 Å². The molecule has 1 amide bonds. The van der Waals surface area contributed by atoms with Gasteiger partial charge in [-0.1, -0.05) is 13.0 Å². The lowest BCUT2D eigenvalue weighted by Gasteiger charge is -2.15. The number of hydrogen-bond acceptors (Lipinski definition) is 6. The van der Waals surface area contributed by atoms with Crippen molar-refractivity contribution >= 4 is 21.6 Å². The fourth-order valence-corrected chi connectivity index (χ4v) is 3.49. The molecule has 11 heteroatoms. The first-order valence-corrected chi connectivity index (χ1v) is 11.9. The Balaban J connectivity index is 1.73. The van der Waals surface area contributed by atoms with Gasteiger partial charge in [-0.3, -0.25) is 9.52 Å². The number of rotatable bonds is 9. The Labute approximate surface area is 190 Å². The molecule has 0 radical (unpaired) electrons. The van der Waals surface area contributed by atoms with E-state index in [-0.39, 0.29) is 17.1 Å². The molecular formula is C22H23F2N3O5S. The molecule has 0 spiro atoms. The number of amides is 1. The van der Waals surface area contributed by atoms with Gasteiger partial charge in [-0.05, 0) is 49.2 Å². The highest BCUT2D eigenvalue weighted by atomic mass is 32.2. The van der Waals surface area contributed by atoms with Gasteiger partial charge in [-0.25, -0.2) is 22.2 Å². The molecular weight excluding hydrogens is 456 g/mol. The van der Waals surface area contributed by atoms with Crippen molar-refractivity contribution in [3.63, 3.8) is 0 Å². The molecule has 0 bridgehead atoms. The summed E-state index contributed by atoms with van der Waals surface area (Å²) in [4.78, 5) is 16.7. The van der Waals surface area contributed by atoms with Crippen molar-refractivity contribution in [1.82, 2.24) is 10.3 Å². The lowest BCUT2D eigenvalue weighted by Crippen LogP contribution is -2.27. The molecule has 33 heavy (non-hydrogen) atoms. The lowest BCUT2D eigenvalue weighted by molar-refractivity contribution is 0.0934. The van der Waals surface area contributed by atoms with Gasteiger partial charge in [0, 0.05) is 5.56 Å². The topological polar surface area (TPSA) is 111 Å². The number of anilines is 1. The van der Waals surface area contributed by atoms with E-state index in [0.717, 1.165) is 24.8 Å². The van der Waals surface area contributed by atoms with Crippen molar-refractivity contribution in [3.05, 3.63) is 65.6 Å². The Hall–Kier alpha value is -3.47. The molecule has 1 aromatic heterocycles. The van der Waals surface area contributed by atoms with Crippen LogP contribution < -0.4 is 14.8 Å². The number of oxazole rings is 1. The third kappa shape index (κ3) is 6.28. The highest BCUT2D eigenvalue weighted by Gasteiger charge is 2.20. The SMILES string of the molecule is CCCOc1cccc(-c2nc(C(=O)N[C@H](C)c3cc(F)c(NS(C)(=O)=O)c(F)c3)co2)c1. The first-order valence-electron chi connectivity index (χ1n) is 10.0. The summed E-state index contributed by atoms with van der Waals surface area (Å²) in [7, 11) is -3.86. The molecule has 8 nitrogen and oxygen atoms in total. The van der Waals surface area contributed by atoms with Gasteiger partial charge in [0.25, 0.3) is 5.91 Å². The van der Waals surface area contributed by atoms with Crippen molar-refractivity contribution in [2.24, 2.45) is 0 Å². The number of halogens is 2. The zero-order valence-corrected chi connectivity index (χ0v) is 19.0. The van der Waals surface area contributed by atoms with E-state index in [1.165, 1.54) is 13.2 Å². The zero-order valence-electron chi connectivity index (χ0n) is 18.2. The molecule has 0 saturated carbocycles. The second-order valence-electron chi connectivity index (χ2n) is 7.34. The van der Waals surface area contributed by atoms with Crippen LogP contribution in [0.5, 0.6) is 5.75 Å². The predicted octanol–water partition coefficient (Wildman–Crippen LogP) is 4.27. The molecule has 0 aliphatic carbocycles. The number of benzene rings is 2. The van der Waals surface area contributed by atoms with E-state index in [2.05, 4.69) is 10.3 Å². The summed E-state index contributed by atoms with van der Waals surface area (Å²) in [5, 5.41) is 2.58. The second kappa shape index (κ2) is 9.99. The Morgan fingerprint density at radius 2 is 1.91 bits per heavy atom. The zero-order chi connectivity index (χ0) is 24.2. The quantitative estimate of drug-likeness (QED) is 0.474. The van der Waals surface area contributed by atoms with Crippen molar-refractivity contribution < 1.29 is 31.1 Å². The van der Waals surface area contributed by atoms with E-state index in [4.69, 9.17) is 9.15 Å². The number of carbonyl (C=O) groups is 1. The average Bonchev–Trinajstić information content (AvgIpc) is 3.25. The fourth-order valence-electron chi connectivity index (χ4n) is 2.93. The number of carbonyl (C=O) groups excluding carboxylic acids is 1. The third-order valence-corrected chi connectivity index (χ3v) is 5.07. The van der Waals surface area contributed by atoms with Crippen molar-refractivity contribution in [1.29, 1.82) is 0 Å². The molecule has 0 unspecified atom stereocenters. The predicted molar refractivity (Wildman–Crippen MR) is 118 cm³/mol. The summed E-state index contributed by atoms with van der Waals surface area (Å²) in [5.41, 5.74) is -0.0881. The van der Waals surface area contributed by atoms with Crippen LogP contribution in [-0.2, 0) is 10.0 Å². The van der Waals surface area contributed by atoms with Crippen LogP contribution in [0.1, 0.15) is 42.4 Å². The maximum Gasteiger partial charge on any atom is 0.273 e. The standard InChI is InChI=1S/C22H23F2N3O5S/c1-4-8-31-16-7-5-6-14(9-16)22-26-19(12-32-22)21(28)25-13(2)15-10-17(23)20(18(24)11-15)27-33(3,29)30/h5-7,9-13,27H,4,8H2,1-3H3,(H,25,28)/t13-/m1/s1. The summed E-state index contributed by atoms with van der Waals surface area (Å²) >= 11 is 0. The minimum Gasteiger partial charge on any atom is -0.494 e. The van der Waals surface area contributed by atoms with Gasteiger partial charge in [0.05, 0.1) is 18.9 Å². The van der Waals surface area contributed by atoms with Gasteiger partial charge in [-0.15, -0.1) is 0 Å². The Bertz CT molecular complexity index is 1240. The largest absolute Gasteiger partial charge is 0.494 e. The number of ether oxygens (including phenoxy) is 1. The number of nitrogens with zero attached hydrogens (tertiary/aromatic N) is 1. The van der Waals surface area contributed by atoms with Gasteiger partial charge < -0.3 is 14.5 Å². The molecule has 0 fully saturated rings. The van der Waals surface area contributed by atoms with Crippen LogP contribution in [0.25, 0.3) is 11.5 Å². The van der Waals surface area contributed by atoms with E-state index < -0.39 is 39.3 Å². The minimum atomic E-state index is -3.86. The summed E-state index contributed by atoms with van der Waals surface area (Å²) in [6.07, 6.45) is 2.82. The van der Waals surface area contributed by atoms with E-state index >= 15 is 0 Å². The summed E-state index contributed by atoms with van der Waals surface area (Å²) in [5.74, 6) is -1.97. The Morgan fingerprint density at radius 3 is 2.55 bits per heavy atom. The summed E-state index contributed by atoms with van der Waals surface area (Å²) in [6.45, 7) is 4.08. The second-order valence-corrected chi connectivity index (χ2v) is 9.09. The van der Waals surface area contributed by atoms with Crippen molar-refractivity contribution in [3.8, 4) is 17.2 Å². The van der Waals surface area contributed by atoms with Crippen LogP contribution in [0.3, 0.4) is 0 Å². The van der Waals surface area contributed by atoms with E-state index in [9.17, 15) is 22.0 Å². The van der Waals surface area contributed by atoms with Crippen LogP contribution in [0.2, 0.25) is 0 Å². The maximum absolute atomic E-state index is 14.2. The number of sulfonamides is 1. The van der Waals surface area contributed by atoms with Gasteiger partial charge >= 0.3 is 0 Å². The molecule has 0 aliphatic heterocycles.